The first-order valence-corrected chi connectivity index (χ1v) is 8.94. The van der Waals surface area contributed by atoms with Crippen LogP contribution in [0, 0.1) is 12.8 Å². The largest absolute Gasteiger partial charge is 0.378 e. The molecule has 0 amide bonds. The van der Waals surface area contributed by atoms with Crippen LogP contribution in [0.4, 0.5) is 0 Å². The summed E-state index contributed by atoms with van der Waals surface area (Å²) in [5.74, 6) is 0.794. The van der Waals surface area contributed by atoms with Crippen LogP contribution in [0.5, 0.6) is 0 Å². The number of hydrogen-bond acceptors (Lipinski definition) is 3. The van der Waals surface area contributed by atoms with Gasteiger partial charge in [-0.2, -0.15) is 0 Å². The second kappa shape index (κ2) is 7.79. The van der Waals surface area contributed by atoms with E-state index in [1.165, 1.54) is 36.1 Å². The molecule has 2 nitrogen and oxygen atoms in total. The molecule has 1 aliphatic carbocycles. The van der Waals surface area contributed by atoms with E-state index >= 15 is 0 Å². The minimum absolute atomic E-state index is 0.457. The van der Waals surface area contributed by atoms with Crippen LogP contribution in [-0.4, -0.2) is 19.3 Å². The lowest BCUT2D eigenvalue weighted by Gasteiger charge is -2.37. The van der Waals surface area contributed by atoms with Gasteiger partial charge in [0.15, 0.2) is 0 Å². The first-order valence-electron chi connectivity index (χ1n) is 7.74. The van der Waals surface area contributed by atoms with Gasteiger partial charge in [0.25, 0.3) is 0 Å². The number of rotatable bonds is 8. The fraction of sp³-hybridized carbons (Fsp3) is 0.750. The minimum Gasteiger partial charge on any atom is -0.378 e. The standard InChI is InChI=1S/C16H26ClNOS/c1-4-6-18-14(15-7-11(3)16(17)20-15)10-12-8-13(9-12)19-5-2/h7,12-14,18H,4-6,8-10H2,1-3H3. The fourth-order valence-electron chi connectivity index (χ4n) is 2.85. The van der Waals surface area contributed by atoms with Crippen LogP contribution in [0.25, 0.3) is 0 Å². The van der Waals surface area contributed by atoms with Crippen LogP contribution >= 0.6 is 22.9 Å². The molecular weight excluding hydrogens is 290 g/mol. The van der Waals surface area contributed by atoms with Gasteiger partial charge >= 0.3 is 0 Å². The van der Waals surface area contributed by atoms with Crippen molar-refractivity contribution in [1.82, 2.24) is 5.32 Å². The van der Waals surface area contributed by atoms with Gasteiger partial charge in [-0.05, 0) is 63.6 Å². The summed E-state index contributed by atoms with van der Waals surface area (Å²) in [5.41, 5.74) is 1.20. The van der Waals surface area contributed by atoms with Gasteiger partial charge in [0.2, 0.25) is 0 Å². The second-order valence-corrected chi connectivity index (χ2v) is 7.45. The van der Waals surface area contributed by atoms with E-state index in [1.807, 2.05) is 0 Å². The SMILES string of the molecule is CCCNC(CC1CC(OCC)C1)c1cc(C)c(Cl)s1. The molecule has 1 unspecified atom stereocenters. The molecule has 1 aromatic rings. The molecule has 20 heavy (non-hydrogen) atoms. The molecule has 1 aliphatic rings. The van der Waals surface area contributed by atoms with Gasteiger partial charge in [-0.3, -0.25) is 0 Å². The Kier molecular flexibility index (Phi) is 6.34. The van der Waals surface area contributed by atoms with E-state index in [4.69, 9.17) is 16.3 Å². The Morgan fingerprint density at radius 2 is 2.20 bits per heavy atom. The Labute approximate surface area is 131 Å². The smallest absolute Gasteiger partial charge is 0.0960 e. The zero-order chi connectivity index (χ0) is 14.5. The molecule has 0 spiro atoms. The van der Waals surface area contributed by atoms with Crippen LogP contribution < -0.4 is 5.32 Å². The summed E-state index contributed by atoms with van der Waals surface area (Å²) in [6.45, 7) is 8.30. The average molecular weight is 316 g/mol. The number of aryl methyl sites for hydroxylation is 1. The summed E-state index contributed by atoms with van der Waals surface area (Å²) in [4.78, 5) is 1.39. The van der Waals surface area contributed by atoms with Crippen molar-refractivity contribution >= 4 is 22.9 Å². The third-order valence-electron chi connectivity index (χ3n) is 4.02. The van der Waals surface area contributed by atoms with Crippen molar-refractivity contribution in [3.63, 3.8) is 0 Å². The molecule has 1 aromatic heterocycles. The second-order valence-electron chi connectivity index (χ2n) is 5.76. The van der Waals surface area contributed by atoms with Gasteiger partial charge < -0.3 is 10.1 Å². The molecule has 1 N–H and O–H groups in total. The maximum atomic E-state index is 6.23. The molecule has 0 aromatic carbocycles. The molecule has 0 bridgehead atoms. The monoisotopic (exact) mass is 315 g/mol. The van der Waals surface area contributed by atoms with Gasteiger partial charge in [0, 0.05) is 17.5 Å². The predicted molar refractivity (Wildman–Crippen MR) is 87.9 cm³/mol. The van der Waals surface area contributed by atoms with E-state index in [0.29, 0.717) is 12.1 Å². The number of nitrogens with one attached hydrogen (secondary N) is 1. The van der Waals surface area contributed by atoms with Crippen molar-refractivity contribution in [1.29, 1.82) is 0 Å². The highest BCUT2D eigenvalue weighted by atomic mass is 35.5. The molecule has 1 fully saturated rings. The van der Waals surface area contributed by atoms with Gasteiger partial charge in [-0.15, -0.1) is 11.3 Å². The Balaban J connectivity index is 1.91. The van der Waals surface area contributed by atoms with Gasteiger partial charge in [0.05, 0.1) is 10.4 Å². The third-order valence-corrected chi connectivity index (χ3v) is 5.69. The van der Waals surface area contributed by atoms with E-state index in [1.54, 1.807) is 11.3 Å². The topological polar surface area (TPSA) is 21.3 Å². The van der Waals surface area contributed by atoms with Crippen LogP contribution in [0.1, 0.15) is 56.0 Å². The van der Waals surface area contributed by atoms with E-state index < -0.39 is 0 Å². The molecule has 0 radical (unpaired) electrons. The van der Waals surface area contributed by atoms with Gasteiger partial charge in [0.1, 0.15) is 0 Å². The molecule has 114 valence electrons. The maximum Gasteiger partial charge on any atom is 0.0960 e. The number of ether oxygens (including phenoxy) is 1. The van der Waals surface area contributed by atoms with Crippen molar-refractivity contribution in [2.45, 2.75) is 58.6 Å². The summed E-state index contributed by atoms with van der Waals surface area (Å²) < 4.78 is 6.60. The van der Waals surface area contributed by atoms with Crippen molar-refractivity contribution < 1.29 is 4.74 Å². The lowest BCUT2D eigenvalue weighted by Crippen LogP contribution is -2.34. The summed E-state index contributed by atoms with van der Waals surface area (Å²) in [6, 6.07) is 2.71. The summed E-state index contributed by atoms with van der Waals surface area (Å²) in [7, 11) is 0. The molecule has 2 rings (SSSR count). The number of halogens is 1. The Morgan fingerprint density at radius 3 is 2.75 bits per heavy atom. The van der Waals surface area contributed by atoms with E-state index in [-0.39, 0.29) is 0 Å². The van der Waals surface area contributed by atoms with Crippen molar-refractivity contribution in [2.75, 3.05) is 13.2 Å². The normalized spacial score (nSPS) is 23.6. The first-order chi connectivity index (χ1) is 9.63. The molecule has 4 heteroatoms. The quantitative estimate of drug-likeness (QED) is 0.732. The van der Waals surface area contributed by atoms with E-state index in [9.17, 15) is 0 Å². The van der Waals surface area contributed by atoms with Gasteiger partial charge in [-0.25, -0.2) is 0 Å². The highest BCUT2D eigenvalue weighted by Gasteiger charge is 2.32. The van der Waals surface area contributed by atoms with Crippen LogP contribution in [0.2, 0.25) is 4.34 Å². The molecular formula is C16H26ClNOS. The predicted octanol–water partition coefficient (Wildman–Crippen LogP) is 4.96. The number of thiophene rings is 1. The highest BCUT2D eigenvalue weighted by Crippen LogP contribution is 2.39. The Hall–Kier alpha value is -0.0900. The summed E-state index contributed by atoms with van der Waals surface area (Å²) in [5, 5.41) is 3.68. The van der Waals surface area contributed by atoms with E-state index in [2.05, 4.69) is 32.2 Å². The summed E-state index contributed by atoms with van der Waals surface area (Å²) in [6.07, 6.45) is 5.32. The van der Waals surface area contributed by atoms with Crippen molar-refractivity contribution in [3.05, 3.63) is 20.8 Å². The van der Waals surface area contributed by atoms with E-state index in [0.717, 1.165) is 23.4 Å². The van der Waals surface area contributed by atoms with Crippen LogP contribution in [0.3, 0.4) is 0 Å². The van der Waals surface area contributed by atoms with Crippen LogP contribution in [-0.2, 0) is 4.74 Å². The minimum atomic E-state index is 0.457. The summed E-state index contributed by atoms with van der Waals surface area (Å²) >= 11 is 7.96. The molecule has 0 saturated heterocycles. The zero-order valence-electron chi connectivity index (χ0n) is 12.7. The maximum absolute atomic E-state index is 6.23. The third kappa shape index (κ3) is 4.20. The number of hydrogen-bond donors (Lipinski definition) is 1. The molecule has 0 aliphatic heterocycles. The average Bonchev–Trinajstić information content (AvgIpc) is 2.71. The van der Waals surface area contributed by atoms with Gasteiger partial charge in [-0.1, -0.05) is 18.5 Å². The van der Waals surface area contributed by atoms with Crippen LogP contribution in [0.15, 0.2) is 6.07 Å². The molecule has 1 saturated carbocycles. The molecule has 1 atom stereocenters. The molecule has 1 heterocycles. The van der Waals surface area contributed by atoms with Crippen molar-refractivity contribution in [2.24, 2.45) is 5.92 Å². The lowest BCUT2D eigenvalue weighted by molar-refractivity contribution is -0.0290. The highest BCUT2D eigenvalue weighted by molar-refractivity contribution is 7.16. The lowest BCUT2D eigenvalue weighted by atomic mass is 9.78. The Morgan fingerprint density at radius 1 is 1.45 bits per heavy atom. The Bertz CT molecular complexity index is 395. The first kappa shape index (κ1) is 16.3. The zero-order valence-corrected chi connectivity index (χ0v) is 14.3. The van der Waals surface area contributed by atoms with Crippen molar-refractivity contribution in [3.8, 4) is 0 Å². The fourth-order valence-corrected chi connectivity index (χ4v) is 4.15.